The molecule has 2 N–H and O–H groups in total. The maximum atomic E-state index is 14.4. The molecule has 0 unspecified atom stereocenters. The highest BCUT2D eigenvalue weighted by molar-refractivity contribution is 6.34. The summed E-state index contributed by atoms with van der Waals surface area (Å²) in [4.78, 5) is 82.3. The highest BCUT2D eigenvalue weighted by atomic mass is 35.5. The van der Waals surface area contributed by atoms with Crippen LogP contribution in [0.2, 0.25) is 10.0 Å². The van der Waals surface area contributed by atoms with Gasteiger partial charge in [0, 0.05) is 311 Å². The lowest BCUT2D eigenvalue weighted by atomic mass is 9.86. The van der Waals surface area contributed by atoms with Crippen molar-refractivity contribution in [2.75, 3.05) is 132 Å². The van der Waals surface area contributed by atoms with E-state index in [0.29, 0.717) is 96.6 Å². The molecule has 0 bridgehead atoms. The lowest BCUT2D eigenvalue weighted by Crippen LogP contribution is -2.36. The van der Waals surface area contributed by atoms with Crippen LogP contribution in [0.4, 0.5) is 54.8 Å². The van der Waals surface area contributed by atoms with E-state index in [-0.39, 0.29) is 47.2 Å². The Morgan fingerprint density at radius 3 is 1.05 bits per heavy atom. The standard InChI is InChI=1S/C29H33ClN6O3.C29H36N6O3.C28H34F2N6O2.C26H31ClN6O2/c1-18(37)34-11-7-26-23(17-34)28(33-36(26)21-8-12-39-13-9-21)35-10-3-4-19-14-22(24(30)15-27(19)35)20-5-6-25(32-16-20)29(38)31-2;1-19(36)33-9-5-27-26(16-33)29(31-35(27)23-6-10-37-11-7-23)34-8-3-4-20-12-24(21-14-30-32(2)15-21)25(13-28(20)34)22-17-38-18-22;1-17(37)34-11-9-25-24(16-34)28(32-36(25)20-5-7-21(38)8-6-20)35-10-3-4-18-12-22(19-14-31-33(2)15-19)23(27(29)30)13-26(18)35;1-17(34)31-9-5-24-22(16-31)26(29-33(24)20-6-10-35-11-7-20)32-8-3-4-18-12-21(23(27)13-25(18)32)19-14-28-30(2)15-19/h5-6,14-16,21H,3-4,7-13,17H2,1-2H3,(H,31,38);12-15,22-23H,3-11,16-18H2,1-2H3;12-15,20-21,27,38H,3-11,16H2,1-2H3;12-15,20H,3-11,16H2,1-2H3. The number of aliphatic hydroxyl groups excluding tert-OH is 1. The first-order chi connectivity index (χ1) is 72.8. The number of aliphatic hydroxyl groups is 1. The molecule has 34 nitrogen and oxygen atoms in total. The van der Waals surface area contributed by atoms with Crippen LogP contribution in [0.5, 0.6) is 0 Å². The Kier molecular flexibility index (Phi) is 29.6. The predicted molar refractivity (Wildman–Crippen MR) is 568 cm³/mol. The number of alkyl halides is 2. The molecule has 13 aliphatic rings. The molecule has 1 aliphatic carbocycles. The second-order valence-corrected chi connectivity index (χ2v) is 43.2. The van der Waals surface area contributed by atoms with Gasteiger partial charge in [0.2, 0.25) is 23.6 Å². The summed E-state index contributed by atoms with van der Waals surface area (Å²) in [7, 11) is 7.26. The van der Waals surface area contributed by atoms with E-state index >= 15 is 0 Å². The molecule has 0 radical (unpaired) electrons. The molecule has 4 aromatic carbocycles. The predicted octanol–water partition coefficient (Wildman–Crippen LogP) is 17.0. The number of benzene rings is 4. The smallest absolute Gasteiger partial charge is 0.269 e. The van der Waals surface area contributed by atoms with Crippen molar-refractivity contribution in [2.45, 2.75) is 238 Å². The molecular formula is C112H134Cl2F2N24O10. The highest BCUT2D eigenvalue weighted by Gasteiger charge is 2.43. The van der Waals surface area contributed by atoms with Gasteiger partial charge in [-0.3, -0.25) is 61.7 Å². The Morgan fingerprint density at radius 2 is 0.727 bits per heavy atom. The van der Waals surface area contributed by atoms with Crippen LogP contribution in [0.1, 0.15) is 243 Å². The number of pyridine rings is 1. The fraction of sp³-hybridized carbons (Fsp3) is 0.509. The monoisotopic (exact) mass is 2080 g/mol. The third kappa shape index (κ3) is 20.3. The number of rotatable bonds is 15. The van der Waals surface area contributed by atoms with E-state index in [1.54, 1.807) is 81.9 Å². The summed E-state index contributed by atoms with van der Waals surface area (Å²) < 4.78 is 65.5. The van der Waals surface area contributed by atoms with Gasteiger partial charge in [-0.05, 0) is 209 Å². The third-order valence-corrected chi connectivity index (χ3v) is 33.5. The van der Waals surface area contributed by atoms with Crippen LogP contribution < -0.4 is 24.9 Å². The normalized spacial score (nSPS) is 19.5. The minimum Gasteiger partial charge on any atom is -0.393 e. The number of amides is 5. The third-order valence-electron chi connectivity index (χ3n) is 32.9. The zero-order valence-electron chi connectivity index (χ0n) is 87.0. The van der Waals surface area contributed by atoms with Gasteiger partial charge >= 0.3 is 0 Å². The zero-order valence-corrected chi connectivity index (χ0v) is 88.5. The maximum Gasteiger partial charge on any atom is 0.269 e. The Labute approximate surface area is 882 Å². The number of nitrogens with zero attached hydrogens (tertiary/aromatic N) is 23. The Morgan fingerprint density at radius 1 is 0.393 bits per heavy atom. The number of hydrogen-bond acceptors (Lipinski definition) is 22. The van der Waals surface area contributed by atoms with Crippen molar-refractivity contribution in [3.63, 3.8) is 0 Å². The van der Waals surface area contributed by atoms with Crippen molar-refractivity contribution < 1.29 is 56.8 Å². The summed E-state index contributed by atoms with van der Waals surface area (Å²) in [5.41, 5.74) is 27.7. The van der Waals surface area contributed by atoms with Gasteiger partial charge in [-0.25, -0.2) is 8.78 Å². The molecule has 790 valence electrons. The molecular weight excluding hydrogens is 1950 g/mol. The molecule has 5 amide bonds. The lowest BCUT2D eigenvalue weighted by Gasteiger charge is -2.35. The number of fused-ring (bicyclic) bond motifs is 8. The Hall–Kier alpha value is -12.7. The van der Waals surface area contributed by atoms with Crippen molar-refractivity contribution in [2.24, 2.45) is 21.1 Å². The van der Waals surface area contributed by atoms with Gasteiger partial charge in [-0.1, -0.05) is 29.3 Å². The van der Waals surface area contributed by atoms with Gasteiger partial charge in [0.05, 0.1) is 98.3 Å². The fourth-order valence-corrected chi connectivity index (χ4v) is 25.3. The van der Waals surface area contributed by atoms with Gasteiger partial charge in [0.25, 0.3) is 12.3 Å². The SMILES string of the molecule is CC(=O)N1CCc2c(c(N3CCCc4cc(-c5cnn(C)c5)c(C(F)F)cc43)nn2C2CCC(O)CC2)C1.CC(=O)N1CCc2c(c(N3CCCc4cc(-c5cnn(C)c5)c(C5COC5)cc43)nn2C2CCOCC2)C1.CC(=O)N1CCc2c(c(N3CCCc4cc(-c5cnn(C)c5)c(Cl)cc43)nn2C2CCOCC2)C1.CNC(=O)c1ccc(-c2cc3c(cc2Cl)N(c2nn(C4CCOCC4)c4c2CN(C(C)=O)CC4)CCC3)cn1. The molecule has 12 aliphatic heterocycles. The van der Waals surface area contributed by atoms with Crippen LogP contribution in [0, 0.1) is 0 Å². The number of halogens is 4. The van der Waals surface area contributed by atoms with Crippen molar-refractivity contribution in [3.8, 4) is 44.5 Å². The second kappa shape index (κ2) is 43.6. The van der Waals surface area contributed by atoms with E-state index in [0.717, 1.165) is 317 Å². The van der Waals surface area contributed by atoms with E-state index in [4.69, 9.17) is 62.5 Å². The Balaban J connectivity index is 0.000000113. The zero-order chi connectivity index (χ0) is 104. The molecule has 1 saturated carbocycles. The van der Waals surface area contributed by atoms with Gasteiger partial charge in [0.15, 0.2) is 23.3 Å². The summed E-state index contributed by atoms with van der Waals surface area (Å²) in [6, 6.07) is 21.6. The van der Waals surface area contributed by atoms with Gasteiger partial charge < -0.3 is 68.6 Å². The fourth-order valence-electron chi connectivity index (χ4n) is 24.7. The first-order valence-electron chi connectivity index (χ1n) is 53.7. The number of ether oxygens (including phenoxy) is 4. The first-order valence-corrected chi connectivity index (χ1v) is 54.5. The summed E-state index contributed by atoms with van der Waals surface area (Å²) in [5, 5.41) is 47.9. The quantitative estimate of drug-likeness (QED) is 0.0963. The number of hydrogen-bond donors (Lipinski definition) is 2. The molecule has 20 heterocycles. The minimum absolute atomic E-state index is 0.0106. The van der Waals surface area contributed by atoms with Gasteiger partial charge in [0.1, 0.15) is 5.69 Å². The largest absolute Gasteiger partial charge is 0.393 e. The number of nitrogens with one attached hydrogen (secondary N) is 1. The van der Waals surface area contributed by atoms with E-state index in [1.165, 1.54) is 61.7 Å². The molecule has 0 spiro atoms. The van der Waals surface area contributed by atoms with E-state index in [9.17, 15) is 37.9 Å². The van der Waals surface area contributed by atoms with Crippen molar-refractivity contribution in [1.82, 2.24) is 98.4 Å². The van der Waals surface area contributed by atoms with Gasteiger partial charge in [-0.2, -0.15) is 35.7 Å². The van der Waals surface area contributed by atoms with Crippen LogP contribution in [0.15, 0.2) is 104 Å². The maximum absolute atomic E-state index is 14.4. The summed E-state index contributed by atoms with van der Waals surface area (Å²) >= 11 is 13.7. The summed E-state index contributed by atoms with van der Waals surface area (Å²) in [6.07, 6.45) is 30.1. The van der Waals surface area contributed by atoms with E-state index < -0.39 is 6.43 Å². The topological polar surface area (TPSA) is 318 Å². The number of carbonyl (C=O) groups is 5. The van der Waals surface area contributed by atoms with Crippen molar-refractivity contribution >= 4 is 98.8 Å². The average molecular weight is 2090 g/mol. The van der Waals surface area contributed by atoms with E-state index in [2.05, 4.69) is 100 Å². The molecule has 8 aromatic heterocycles. The van der Waals surface area contributed by atoms with Crippen LogP contribution in [0.3, 0.4) is 0 Å². The molecule has 38 heteroatoms. The van der Waals surface area contributed by atoms with Gasteiger partial charge in [-0.15, -0.1) is 0 Å². The highest BCUT2D eigenvalue weighted by Crippen LogP contribution is 2.52. The van der Waals surface area contributed by atoms with Crippen molar-refractivity contribution in [1.29, 1.82) is 0 Å². The van der Waals surface area contributed by atoms with Crippen LogP contribution >= 0.6 is 23.2 Å². The molecule has 25 rings (SSSR count). The second-order valence-electron chi connectivity index (χ2n) is 42.4. The molecule has 4 saturated heterocycles. The average Bonchev–Trinajstić information content (AvgIpc) is 1.61. The summed E-state index contributed by atoms with van der Waals surface area (Å²) in [5.74, 6) is 4.24. The molecule has 150 heavy (non-hydrogen) atoms. The Bertz CT molecular complexity index is 7070. The molecule has 5 fully saturated rings. The minimum atomic E-state index is -2.63. The van der Waals surface area contributed by atoms with Crippen LogP contribution in [0.25, 0.3) is 44.5 Å². The number of anilines is 8. The van der Waals surface area contributed by atoms with E-state index in [1.807, 2.05) is 75.2 Å². The van der Waals surface area contributed by atoms with Crippen LogP contribution in [-0.4, -0.2) is 246 Å². The van der Waals surface area contributed by atoms with Crippen molar-refractivity contribution in [3.05, 3.63) is 198 Å². The summed E-state index contributed by atoms with van der Waals surface area (Å²) in [6.45, 7) is 21.1. The van der Waals surface area contributed by atoms with Crippen LogP contribution in [-0.2, 0) is 137 Å². The number of aryl methyl sites for hydroxylation is 7. The number of carbonyl (C=O) groups excluding carboxylic acids is 5. The lowest BCUT2D eigenvalue weighted by molar-refractivity contribution is -0.130. The first kappa shape index (κ1) is 102. The number of aromatic nitrogens is 15. The molecule has 0 atom stereocenters. The molecule has 12 aromatic rings.